The van der Waals surface area contributed by atoms with Crippen LogP contribution in [0.2, 0.25) is 5.02 Å². The molecule has 0 aliphatic heterocycles. The molecule has 0 fully saturated rings. The molecule has 0 N–H and O–H groups in total. The summed E-state index contributed by atoms with van der Waals surface area (Å²) < 4.78 is 5.38. The lowest BCUT2D eigenvalue weighted by Gasteiger charge is -2.08. The maximum absolute atomic E-state index is 12.1. The van der Waals surface area contributed by atoms with Gasteiger partial charge in [-0.3, -0.25) is 0 Å². The second-order valence-electron chi connectivity index (χ2n) is 4.69. The minimum Gasteiger partial charge on any atom is -0.457 e. The number of hydrogen-bond donors (Lipinski definition) is 0. The van der Waals surface area contributed by atoms with Crippen LogP contribution in [-0.4, -0.2) is 5.97 Å². The normalized spacial score (nSPS) is 10.5. The SMILES string of the molecule is O=C(OCc1cccc2ccccc12)c1ccccc1Cl. The fourth-order valence-electron chi connectivity index (χ4n) is 2.27. The molecule has 2 nitrogen and oxygen atoms in total. The predicted molar refractivity (Wildman–Crippen MR) is 84.5 cm³/mol. The highest BCUT2D eigenvalue weighted by Gasteiger charge is 2.11. The highest BCUT2D eigenvalue weighted by Crippen LogP contribution is 2.21. The summed E-state index contributed by atoms with van der Waals surface area (Å²) in [5, 5.41) is 2.62. The maximum atomic E-state index is 12.1. The Morgan fingerprint density at radius 1 is 0.905 bits per heavy atom. The molecule has 0 aliphatic rings. The van der Waals surface area contributed by atoms with Crippen molar-refractivity contribution in [3.8, 4) is 0 Å². The summed E-state index contributed by atoms with van der Waals surface area (Å²) in [6.07, 6.45) is 0. The summed E-state index contributed by atoms with van der Waals surface area (Å²) in [5.41, 5.74) is 1.37. The van der Waals surface area contributed by atoms with Crippen molar-refractivity contribution in [3.63, 3.8) is 0 Å². The summed E-state index contributed by atoms with van der Waals surface area (Å²) >= 11 is 6.00. The Balaban J connectivity index is 1.81. The van der Waals surface area contributed by atoms with E-state index in [-0.39, 0.29) is 6.61 Å². The third-order valence-electron chi connectivity index (χ3n) is 3.33. The zero-order chi connectivity index (χ0) is 14.7. The molecule has 0 radical (unpaired) electrons. The van der Waals surface area contributed by atoms with Crippen molar-refractivity contribution in [3.05, 3.63) is 82.9 Å². The second kappa shape index (κ2) is 5.98. The molecule has 0 bridgehead atoms. The first-order valence-corrected chi connectivity index (χ1v) is 7.02. The lowest BCUT2D eigenvalue weighted by molar-refractivity contribution is 0.0474. The van der Waals surface area contributed by atoms with Crippen LogP contribution in [-0.2, 0) is 11.3 Å². The van der Waals surface area contributed by atoms with Crippen LogP contribution in [0, 0.1) is 0 Å². The van der Waals surface area contributed by atoms with Crippen LogP contribution in [0.25, 0.3) is 10.8 Å². The first-order valence-electron chi connectivity index (χ1n) is 6.64. The molecule has 21 heavy (non-hydrogen) atoms. The van der Waals surface area contributed by atoms with Gasteiger partial charge in [0, 0.05) is 0 Å². The predicted octanol–water partition coefficient (Wildman–Crippen LogP) is 4.85. The number of carbonyl (C=O) groups is 1. The molecule has 3 rings (SSSR count). The van der Waals surface area contributed by atoms with Crippen LogP contribution in [0.5, 0.6) is 0 Å². The van der Waals surface area contributed by atoms with E-state index < -0.39 is 5.97 Å². The van der Waals surface area contributed by atoms with Gasteiger partial charge in [0.15, 0.2) is 0 Å². The molecule has 3 heteroatoms. The van der Waals surface area contributed by atoms with E-state index in [1.807, 2.05) is 42.5 Å². The van der Waals surface area contributed by atoms with E-state index in [2.05, 4.69) is 0 Å². The van der Waals surface area contributed by atoms with Gasteiger partial charge in [-0.25, -0.2) is 4.79 Å². The van der Waals surface area contributed by atoms with E-state index in [1.165, 1.54) is 0 Å². The van der Waals surface area contributed by atoms with Gasteiger partial charge < -0.3 is 4.74 Å². The van der Waals surface area contributed by atoms with E-state index in [4.69, 9.17) is 16.3 Å². The Bertz CT molecular complexity index is 791. The Morgan fingerprint density at radius 3 is 2.48 bits per heavy atom. The zero-order valence-corrected chi connectivity index (χ0v) is 12.0. The van der Waals surface area contributed by atoms with Crippen molar-refractivity contribution in [1.29, 1.82) is 0 Å². The number of esters is 1. The monoisotopic (exact) mass is 296 g/mol. The third-order valence-corrected chi connectivity index (χ3v) is 3.66. The van der Waals surface area contributed by atoms with Crippen LogP contribution in [0.4, 0.5) is 0 Å². The lowest BCUT2D eigenvalue weighted by atomic mass is 10.1. The number of hydrogen-bond acceptors (Lipinski definition) is 2. The largest absolute Gasteiger partial charge is 0.457 e. The fraction of sp³-hybridized carbons (Fsp3) is 0.0556. The smallest absolute Gasteiger partial charge is 0.339 e. The Morgan fingerprint density at radius 2 is 1.62 bits per heavy atom. The quantitative estimate of drug-likeness (QED) is 0.646. The molecule has 3 aromatic carbocycles. The second-order valence-corrected chi connectivity index (χ2v) is 5.10. The summed E-state index contributed by atoms with van der Waals surface area (Å²) in [4.78, 5) is 12.1. The number of carbonyl (C=O) groups excluding carboxylic acids is 1. The van der Waals surface area contributed by atoms with Crippen LogP contribution in [0.1, 0.15) is 15.9 Å². The molecule has 0 unspecified atom stereocenters. The van der Waals surface area contributed by atoms with E-state index in [0.29, 0.717) is 10.6 Å². The fourth-order valence-corrected chi connectivity index (χ4v) is 2.48. The first kappa shape index (κ1) is 13.7. The van der Waals surface area contributed by atoms with Crippen molar-refractivity contribution in [2.75, 3.05) is 0 Å². The molecule has 0 saturated carbocycles. The van der Waals surface area contributed by atoms with Crippen LogP contribution < -0.4 is 0 Å². The summed E-state index contributed by atoms with van der Waals surface area (Å²) in [7, 11) is 0. The standard InChI is InChI=1S/C18H13ClO2/c19-17-11-4-3-10-16(17)18(20)21-12-14-8-5-7-13-6-1-2-9-15(13)14/h1-11H,12H2. The minimum atomic E-state index is -0.409. The Kier molecular flexibility index (Phi) is 3.89. The summed E-state index contributed by atoms with van der Waals surface area (Å²) in [5.74, 6) is -0.409. The average molecular weight is 297 g/mol. The third kappa shape index (κ3) is 2.91. The molecule has 0 saturated heterocycles. The van der Waals surface area contributed by atoms with Gasteiger partial charge >= 0.3 is 5.97 Å². The Hall–Kier alpha value is -2.32. The van der Waals surface area contributed by atoms with E-state index in [0.717, 1.165) is 16.3 Å². The first-order chi connectivity index (χ1) is 10.3. The van der Waals surface area contributed by atoms with Gasteiger partial charge in [0.2, 0.25) is 0 Å². The lowest BCUT2D eigenvalue weighted by Crippen LogP contribution is -2.06. The molecule has 0 atom stereocenters. The van der Waals surface area contributed by atoms with Crippen molar-refractivity contribution >= 4 is 28.3 Å². The van der Waals surface area contributed by atoms with Gasteiger partial charge in [-0.05, 0) is 28.5 Å². The number of ether oxygens (including phenoxy) is 1. The molecule has 3 aromatic rings. The van der Waals surface area contributed by atoms with Crippen molar-refractivity contribution in [1.82, 2.24) is 0 Å². The van der Waals surface area contributed by atoms with Crippen LogP contribution >= 0.6 is 11.6 Å². The van der Waals surface area contributed by atoms with E-state index in [1.54, 1.807) is 24.3 Å². The van der Waals surface area contributed by atoms with Crippen molar-refractivity contribution < 1.29 is 9.53 Å². The number of fused-ring (bicyclic) bond motifs is 1. The van der Waals surface area contributed by atoms with Crippen LogP contribution in [0.15, 0.2) is 66.7 Å². The highest BCUT2D eigenvalue weighted by atomic mass is 35.5. The number of benzene rings is 3. The molecular weight excluding hydrogens is 284 g/mol. The molecule has 0 heterocycles. The van der Waals surface area contributed by atoms with Crippen molar-refractivity contribution in [2.45, 2.75) is 6.61 Å². The zero-order valence-electron chi connectivity index (χ0n) is 11.3. The summed E-state index contributed by atoms with van der Waals surface area (Å²) in [6, 6.07) is 20.9. The van der Waals surface area contributed by atoms with Gasteiger partial charge in [-0.1, -0.05) is 66.2 Å². The van der Waals surface area contributed by atoms with Crippen molar-refractivity contribution in [2.24, 2.45) is 0 Å². The van der Waals surface area contributed by atoms with Gasteiger partial charge in [-0.15, -0.1) is 0 Å². The highest BCUT2D eigenvalue weighted by molar-refractivity contribution is 6.33. The molecule has 0 amide bonds. The minimum absolute atomic E-state index is 0.228. The molecule has 104 valence electrons. The van der Waals surface area contributed by atoms with Gasteiger partial charge in [0.05, 0.1) is 10.6 Å². The maximum Gasteiger partial charge on any atom is 0.339 e. The van der Waals surface area contributed by atoms with Crippen LogP contribution in [0.3, 0.4) is 0 Å². The van der Waals surface area contributed by atoms with E-state index in [9.17, 15) is 4.79 Å². The molecule has 0 aliphatic carbocycles. The van der Waals surface area contributed by atoms with Gasteiger partial charge in [0.25, 0.3) is 0 Å². The number of halogens is 1. The summed E-state index contributed by atoms with van der Waals surface area (Å²) in [6.45, 7) is 0.228. The molecule has 0 spiro atoms. The molecular formula is C18H13ClO2. The average Bonchev–Trinajstić information content (AvgIpc) is 2.53. The van der Waals surface area contributed by atoms with E-state index >= 15 is 0 Å². The number of rotatable bonds is 3. The Labute approximate surface area is 127 Å². The van der Waals surface area contributed by atoms with Gasteiger partial charge in [-0.2, -0.15) is 0 Å². The topological polar surface area (TPSA) is 26.3 Å². The molecule has 0 aromatic heterocycles. The van der Waals surface area contributed by atoms with Gasteiger partial charge in [0.1, 0.15) is 6.61 Å².